The second-order valence-electron chi connectivity index (χ2n) is 8.44. The van der Waals surface area contributed by atoms with Gasteiger partial charge in [-0.1, -0.05) is 30.3 Å². The molecule has 0 aromatic heterocycles. The highest BCUT2D eigenvalue weighted by atomic mass is 32.2. The molecule has 1 fully saturated rings. The molecule has 1 heterocycles. The van der Waals surface area contributed by atoms with Crippen LogP contribution in [0.4, 0.5) is 5.69 Å². The minimum atomic E-state index is -3.59. The molecule has 0 N–H and O–H groups in total. The number of nitrogens with zero attached hydrogens (tertiary/aromatic N) is 2. The Morgan fingerprint density at radius 2 is 1.68 bits per heavy atom. The lowest BCUT2D eigenvalue weighted by molar-refractivity contribution is -0.130. The molecule has 0 bridgehead atoms. The number of amides is 1. The minimum Gasteiger partial charge on any atom is -0.491 e. The van der Waals surface area contributed by atoms with E-state index in [-0.39, 0.29) is 18.6 Å². The highest BCUT2D eigenvalue weighted by Crippen LogP contribution is 2.24. The molecule has 168 valence electrons. The third-order valence-electron chi connectivity index (χ3n) is 5.51. The van der Waals surface area contributed by atoms with E-state index < -0.39 is 10.0 Å². The van der Waals surface area contributed by atoms with Crippen molar-refractivity contribution in [2.75, 3.05) is 30.2 Å². The van der Waals surface area contributed by atoms with Gasteiger partial charge in [0.1, 0.15) is 12.3 Å². The van der Waals surface area contributed by atoms with E-state index in [0.29, 0.717) is 30.4 Å². The zero-order chi connectivity index (χ0) is 22.4. The molecule has 0 saturated carbocycles. The van der Waals surface area contributed by atoms with Crippen LogP contribution in [0.1, 0.15) is 32.3 Å². The summed E-state index contributed by atoms with van der Waals surface area (Å²) >= 11 is 0. The number of piperidine rings is 1. The van der Waals surface area contributed by atoms with Crippen molar-refractivity contribution in [2.24, 2.45) is 5.92 Å². The summed E-state index contributed by atoms with van der Waals surface area (Å²) in [6, 6.07) is 17.2. The lowest BCUT2D eigenvalue weighted by atomic mass is 9.90. The maximum atomic E-state index is 12.9. The number of ether oxygens (including phenoxy) is 1. The van der Waals surface area contributed by atoms with Gasteiger partial charge in [-0.15, -0.1) is 0 Å². The van der Waals surface area contributed by atoms with Crippen LogP contribution in [0.5, 0.6) is 5.75 Å². The largest absolute Gasteiger partial charge is 0.491 e. The molecular weight excluding hydrogens is 412 g/mol. The molecule has 2 aromatic carbocycles. The molecule has 2 aromatic rings. The van der Waals surface area contributed by atoms with Crippen LogP contribution in [-0.2, 0) is 21.2 Å². The zero-order valence-electron chi connectivity index (χ0n) is 18.5. The molecule has 0 radical (unpaired) electrons. The Balaban J connectivity index is 1.60. The average Bonchev–Trinajstić information content (AvgIpc) is 2.73. The number of rotatable bonds is 8. The lowest BCUT2D eigenvalue weighted by Crippen LogP contribution is -2.45. The minimum absolute atomic E-state index is 0.0308. The van der Waals surface area contributed by atoms with Gasteiger partial charge in [0.15, 0.2) is 0 Å². The number of likely N-dealkylation sites (tertiary alicyclic amines) is 1. The molecule has 1 saturated heterocycles. The predicted octanol–water partition coefficient (Wildman–Crippen LogP) is 3.72. The number of anilines is 1. The third kappa shape index (κ3) is 6.72. The van der Waals surface area contributed by atoms with Crippen LogP contribution >= 0.6 is 0 Å². The van der Waals surface area contributed by atoms with Gasteiger partial charge >= 0.3 is 0 Å². The first-order valence-corrected chi connectivity index (χ1v) is 12.6. The van der Waals surface area contributed by atoms with Crippen LogP contribution in [-0.4, -0.2) is 51.2 Å². The summed E-state index contributed by atoms with van der Waals surface area (Å²) in [5.74, 6) is 1.05. The summed E-state index contributed by atoms with van der Waals surface area (Å²) in [5, 5.41) is 0. The van der Waals surface area contributed by atoms with Crippen molar-refractivity contribution in [2.45, 2.75) is 39.2 Å². The molecule has 7 heteroatoms. The first-order valence-electron chi connectivity index (χ1n) is 10.8. The summed E-state index contributed by atoms with van der Waals surface area (Å²) in [7, 11) is -3.59. The van der Waals surface area contributed by atoms with Gasteiger partial charge in [-0.3, -0.25) is 9.10 Å². The molecule has 0 atom stereocenters. The molecule has 0 spiro atoms. The summed E-state index contributed by atoms with van der Waals surface area (Å²) in [5.41, 5.74) is 1.78. The fourth-order valence-electron chi connectivity index (χ4n) is 3.92. The van der Waals surface area contributed by atoms with E-state index in [1.165, 1.54) is 9.87 Å². The molecule has 1 aliphatic heterocycles. The fourth-order valence-corrected chi connectivity index (χ4v) is 4.77. The van der Waals surface area contributed by atoms with Gasteiger partial charge < -0.3 is 9.64 Å². The average molecular weight is 445 g/mol. The standard InChI is InChI=1S/C24H32N2O4S/c1-19(2)30-23-11-9-22(10-12-23)26(31(3,28)29)18-24(27)25-15-13-21(14-16-25)17-20-7-5-4-6-8-20/h4-12,19,21H,13-18H2,1-3H3. The van der Waals surface area contributed by atoms with Gasteiger partial charge in [0, 0.05) is 13.1 Å². The Morgan fingerprint density at radius 3 is 2.23 bits per heavy atom. The summed E-state index contributed by atoms with van der Waals surface area (Å²) in [6.07, 6.45) is 4.04. The monoisotopic (exact) mass is 444 g/mol. The van der Waals surface area contributed by atoms with Crippen LogP contribution in [0.3, 0.4) is 0 Å². The summed E-state index contributed by atoms with van der Waals surface area (Å²) in [4.78, 5) is 14.7. The Bertz CT molecular complexity index is 951. The van der Waals surface area contributed by atoms with Crippen molar-refractivity contribution < 1.29 is 17.9 Å². The lowest BCUT2D eigenvalue weighted by Gasteiger charge is -2.33. The number of carbonyl (C=O) groups is 1. The zero-order valence-corrected chi connectivity index (χ0v) is 19.3. The Hall–Kier alpha value is -2.54. The van der Waals surface area contributed by atoms with E-state index in [1.54, 1.807) is 29.2 Å². The highest BCUT2D eigenvalue weighted by Gasteiger charge is 2.27. The van der Waals surface area contributed by atoms with Gasteiger partial charge in [-0.05, 0) is 68.9 Å². The second-order valence-corrected chi connectivity index (χ2v) is 10.4. The van der Waals surface area contributed by atoms with Crippen molar-refractivity contribution in [1.82, 2.24) is 4.90 Å². The maximum Gasteiger partial charge on any atom is 0.243 e. The van der Waals surface area contributed by atoms with E-state index in [0.717, 1.165) is 25.5 Å². The van der Waals surface area contributed by atoms with Crippen LogP contribution in [0.2, 0.25) is 0 Å². The van der Waals surface area contributed by atoms with Gasteiger partial charge in [-0.25, -0.2) is 8.42 Å². The molecule has 0 unspecified atom stereocenters. The van der Waals surface area contributed by atoms with Gasteiger partial charge in [-0.2, -0.15) is 0 Å². The number of carbonyl (C=O) groups excluding carboxylic acids is 1. The number of sulfonamides is 1. The second kappa shape index (κ2) is 10.2. The van der Waals surface area contributed by atoms with E-state index >= 15 is 0 Å². The van der Waals surface area contributed by atoms with Crippen LogP contribution in [0.25, 0.3) is 0 Å². The Labute approximate surface area is 185 Å². The quantitative estimate of drug-likeness (QED) is 0.622. The first kappa shape index (κ1) is 23.1. The van der Waals surface area contributed by atoms with Crippen LogP contribution in [0, 0.1) is 5.92 Å². The third-order valence-corrected chi connectivity index (χ3v) is 6.65. The molecular formula is C24H32N2O4S. The smallest absolute Gasteiger partial charge is 0.243 e. The molecule has 1 amide bonds. The fraction of sp³-hybridized carbons (Fsp3) is 0.458. The van der Waals surface area contributed by atoms with Crippen molar-refractivity contribution in [3.05, 3.63) is 60.2 Å². The Kier molecular flexibility index (Phi) is 7.59. The molecule has 1 aliphatic rings. The van der Waals surface area contributed by atoms with Gasteiger partial charge in [0.05, 0.1) is 18.0 Å². The number of hydrogen-bond donors (Lipinski definition) is 0. The number of hydrogen-bond acceptors (Lipinski definition) is 4. The van der Waals surface area contributed by atoms with Crippen molar-refractivity contribution in [1.29, 1.82) is 0 Å². The van der Waals surface area contributed by atoms with E-state index in [2.05, 4.69) is 24.3 Å². The molecule has 6 nitrogen and oxygen atoms in total. The summed E-state index contributed by atoms with van der Waals surface area (Å²) in [6.45, 7) is 4.99. The van der Waals surface area contributed by atoms with Crippen molar-refractivity contribution >= 4 is 21.6 Å². The Morgan fingerprint density at radius 1 is 1.06 bits per heavy atom. The van der Waals surface area contributed by atoms with Gasteiger partial charge in [0.25, 0.3) is 0 Å². The highest BCUT2D eigenvalue weighted by molar-refractivity contribution is 7.92. The van der Waals surface area contributed by atoms with Crippen molar-refractivity contribution in [3.8, 4) is 5.75 Å². The van der Waals surface area contributed by atoms with E-state index in [4.69, 9.17) is 4.74 Å². The van der Waals surface area contributed by atoms with Gasteiger partial charge in [0.2, 0.25) is 15.9 Å². The molecule has 3 rings (SSSR count). The molecule has 0 aliphatic carbocycles. The van der Waals surface area contributed by atoms with Crippen LogP contribution in [0.15, 0.2) is 54.6 Å². The van der Waals surface area contributed by atoms with E-state index in [9.17, 15) is 13.2 Å². The van der Waals surface area contributed by atoms with E-state index in [1.807, 2.05) is 19.9 Å². The molecule has 31 heavy (non-hydrogen) atoms. The summed E-state index contributed by atoms with van der Waals surface area (Å²) < 4.78 is 31.6. The SMILES string of the molecule is CC(C)Oc1ccc(N(CC(=O)N2CCC(Cc3ccccc3)CC2)S(C)(=O)=O)cc1. The predicted molar refractivity (Wildman–Crippen MR) is 124 cm³/mol. The normalized spacial score (nSPS) is 15.2. The first-order chi connectivity index (χ1) is 14.7. The van der Waals surface area contributed by atoms with Crippen LogP contribution < -0.4 is 9.04 Å². The number of benzene rings is 2. The maximum absolute atomic E-state index is 12.9. The topological polar surface area (TPSA) is 66.9 Å². The van der Waals surface area contributed by atoms with Crippen molar-refractivity contribution in [3.63, 3.8) is 0 Å².